The Hall–Kier alpha value is -2.86. The summed E-state index contributed by atoms with van der Waals surface area (Å²) in [6, 6.07) is 20.1. The third kappa shape index (κ3) is 2.85. The van der Waals surface area contributed by atoms with E-state index < -0.39 is 0 Å². The first-order chi connectivity index (χ1) is 10.3. The second-order valence-corrected chi connectivity index (χ2v) is 5.05. The predicted molar refractivity (Wildman–Crippen MR) is 85.0 cm³/mol. The zero-order valence-corrected chi connectivity index (χ0v) is 11.8. The Morgan fingerprint density at radius 1 is 1.10 bits per heavy atom. The molecule has 1 aromatic heterocycles. The van der Waals surface area contributed by atoms with Crippen LogP contribution < -0.4 is 4.90 Å². The van der Waals surface area contributed by atoms with Crippen molar-refractivity contribution in [1.29, 1.82) is 5.26 Å². The van der Waals surface area contributed by atoms with Gasteiger partial charge in [0.2, 0.25) is 0 Å². The largest absolute Gasteiger partial charge is 0.370 e. The van der Waals surface area contributed by atoms with Gasteiger partial charge in [-0.2, -0.15) is 5.26 Å². The van der Waals surface area contributed by atoms with Crippen molar-refractivity contribution in [3.05, 3.63) is 71.9 Å². The highest BCUT2D eigenvalue weighted by Gasteiger charge is 2.03. The third-order valence-corrected chi connectivity index (χ3v) is 3.52. The molecule has 0 unspecified atom stereocenters. The van der Waals surface area contributed by atoms with Crippen LogP contribution in [0.2, 0.25) is 0 Å². The summed E-state index contributed by atoms with van der Waals surface area (Å²) in [6.07, 6.45) is 1.81. The summed E-state index contributed by atoms with van der Waals surface area (Å²) >= 11 is 0. The maximum atomic E-state index is 8.83. The molecular weight excluding hydrogens is 258 g/mol. The number of hydrogen-bond acceptors (Lipinski definition) is 3. The molecule has 0 saturated heterocycles. The second-order valence-electron chi connectivity index (χ2n) is 5.05. The SMILES string of the molecule is CN(Cc1ccc2ncccc2c1)c1ccc(C#N)cc1. The molecule has 0 N–H and O–H groups in total. The molecule has 3 rings (SSSR count). The van der Waals surface area contributed by atoms with Crippen molar-refractivity contribution in [3.63, 3.8) is 0 Å². The zero-order chi connectivity index (χ0) is 14.7. The Labute approximate surface area is 124 Å². The maximum absolute atomic E-state index is 8.83. The van der Waals surface area contributed by atoms with Crippen molar-refractivity contribution in [3.8, 4) is 6.07 Å². The van der Waals surface area contributed by atoms with Crippen LogP contribution in [0, 0.1) is 11.3 Å². The lowest BCUT2D eigenvalue weighted by Gasteiger charge is -2.19. The van der Waals surface area contributed by atoms with Crippen LogP contribution in [0.4, 0.5) is 5.69 Å². The van der Waals surface area contributed by atoms with E-state index in [0.717, 1.165) is 23.1 Å². The smallest absolute Gasteiger partial charge is 0.0991 e. The van der Waals surface area contributed by atoms with E-state index in [9.17, 15) is 0 Å². The first-order valence-corrected chi connectivity index (χ1v) is 6.81. The van der Waals surface area contributed by atoms with E-state index >= 15 is 0 Å². The predicted octanol–water partition coefficient (Wildman–Crippen LogP) is 3.74. The monoisotopic (exact) mass is 273 g/mol. The number of benzene rings is 2. The summed E-state index contributed by atoms with van der Waals surface area (Å²) in [5.74, 6) is 0. The number of anilines is 1. The van der Waals surface area contributed by atoms with Gasteiger partial charge < -0.3 is 4.90 Å². The second kappa shape index (κ2) is 5.64. The highest BCUT2D eigenvalue weighted by Crippen LogP contribution is 2.19. The Morgan fingerprint density at radius 2 is 1.90 bits per heavy atom. The van der Waals surface area contributed by atoms with E-state index in [-0.39, 0.29) is 0 Å². The Bertz CT molecular complexity index is 801. The van der Waals surface area contributed by atoms with E-state index in [1.54, 1.807) is 0 Å². The molecule has 0 aliphatic heterocycles. The summed E-state index contributed by atoms with van der Waals surface area (Å²) < 4.78 is 0. The van der Waals surface area contributed by atoms with Gasteiger partial charge in [-0.1, -0.05) is 12.1 Å². The normalized spacial score (nSPS) is 10.3. The molecule has 2 aromatic carbocycles. The molecule has 0 spiro atoms. The van der Waals surface area contributed by atoms with Crippen LogP contribution in [0.15, 0.2) is 60.8 Å². The van der Waals surface area contributed by atoms with E-state index in [1.807, 2.05) is 36.5 Å². The third-order valence-electron chi connectivity index (χ3n) is 3.52. The van der Waals surface area contributed by atoms with Gasteiger partial charge in [-0.15, -0.1) is 0 Å². The van der Waals surface area contributed by atoms with Gasteiger partial charge >= 0.3 is 0 Å². The van der Waals surface area contributed by atoms with Crippen LogP contribution in [0.3, 0.4) is 0 Å². The minimum atomic E-state index is 0.684. The zero-order valence-electron chi connectivity index (χ0n) is 11.8. The summed E-state index contributed by atoms with van der Waals surface area (Å²) in [6.45, 7) is 0.816. The van der Waals surface area contributed by atoms with Gasteiger partial charge in [0.15, 0.2) is 0 Å². The van der Waals surface area contributed by atoms with E-state index in [1.165, 1.54) is 5.56 Å². The fourth-order valence-corrected chi connectivity index (χ4v) is 2.38. The van der Waals surface area contributed by atoms with Gasteiger partial charge in [-0.25, -0.2) is 0 Å². The molecule has 0 bridgehead atoms. The number of fused-ring (bicyclic) bond motifs is 1. The van der Waals surface area contributed by atoms with Gasteiger partial charge in [0.05, 0.1) is 17.1 Å². The average molecular weight is 273 g/mol. The molecule has 3 heteroatoms. The van der Waals surface area contributed by atoms with Crippen molar-refractivity contribution >= 4 is 16.6 Å². The average Bonchev–Trinajstić information content (AvgIpc) is 2.55. The molecule has 3 aromatic rings. The lowest BCUT2D eigenvalue weighted by Crippen LogP contribution is -2.16. The molecule has 3 nitrogen and oxygen atoms in total. The molecule has 0 aliphatic rings. The van der Waals surface area contributed by atoms with Crippen molar-refractivity contribution < 1.29 is 0 Å². The molecule has 0 amide bonds. The van der Waals surface area contributed by atoms with E-state index in [4.69, 9.17) is 5.26 Å². The molecule has 0 aliphatic carbocycles. The maximum Gasteiger partial charge on any atom is 0.0991 e. The first-order valence-electron chi connectivity index (χ1n) is 6.81. The Kier molecular flexibility index (Phi) is 3.53. The lowest BCUT2D eigenvalue weighted by atomic mass is 10.1. The molecule has 102 valence electrons. The van der Waals surface area contributed by atoms with Crippen molar-refractivity contribution in [2.75, 3.05) is 11.9 Å². The Morgan fingerprint density at radius 3 is 2.67 bits per heavy atom. The van der Waals surface area contributed by atoms with Gasteiger partial charge in [-0.05, 0) is 48.0 Å². The van der Waals surface area contributed by atoms with Gasteiger partial charge in [0, 0.05) is 30.9 Å². The van der Waals surface area contributed by atoms with Crippen molar-refractivity contribution in [2.24, 2.45) is 0 Å². The minimum Gasteiger partial charge on any atom is -0.370 e. The van der Waals surface area contributed by atoms with Crippen LogP contribution in [-0.4, -0.2) is 12.0 Å². The van der Waals surface area contributed by atoms with Crippen LogP contribution in [0.1, 0.15) is 11.1 Å². The van der Waals surface area contributed by atoms with Crippen molar-refractivity contribution in [2.45, 2.75) is 6.54 Å². The van der Waals surface area contributed by atoms with Gasteiger partial charge in [-0.3, -0.25) is 4.98 Å². The number of pyridine rings is 1. The molecule has 21 heavy (non-hydrogen) atoms. The summed E-state index contributed by atoms with van der Waals surface area (Å²) in [5.41, 5.74) is 4.04. The summed E-state index contributed by atoms with van der Waals surface area (Å²) in [4.78, 5) is 6.50. The molecule has 0 radical (unpaired) electrons. The number of nitrogens with zero attached hydrogens (tertiary/aromatic N) is 3. The molecular formula is C18H15N3. The topological polar surface area (TPSA) is 39.9 Å². The van der Waals surface area contributed by atoms with Crippen molar-refractivity contribution in [1.82, 2.24) is 4.98 Å². The minimum absolute atomic E-state index is 0.684. The van der Waals surface area contributed by atoms with Gasteiger partial charge in [0.1, 0.15) is 0 Å². The highest BCUT2D eigenvalue weighted by molar-refractivity contribution is 5.79. The fraction of sp³-hybridized carbons (Fsp3) is 0.111. The number of nitriles is 1. The Balaban J connectivity index is 1.81. The van der Waals surface area contributed by atoms with Crippen LogP contribution in [0.25, 0.3) is 10.9 Å². The van der Waals surface area contributed by atoms with E-state index in [2.05, 4.69) is 47.3 Å². The molecule has 0 atom stereocenters. The molecule has 0 saturated carbocycles. The van der Waals surface area contributed by atoms with Crippen LogP contribution in [0.5, 0.6) is 0 Å². The summed E-state index contributed by atoms with van der Waals surface area (Å²) in [7, 11) is 2.05. The van der Waals surface area contributed by atoms with Crippen LogP contribution >= 0.6 is 0 Å². The van der Waals surface area contributed by atoms with E-state index in [0.29, 0.717) is 5.56 Å². The fourth-order valence-electron chi connectivity index (χ4n) is 2.38. The highest BCUT2D eigenvalue weighted by atomic mass is 15.1. The number of rotatable bonds is 3. The summed E-state index contributed by atoms with van der Waals surface area (Å²) in [5, 5.41) is 9.99. The quantitative estimate of drug-likeness (QED) is 0.729. The number of hydrogen-bond donors (Lipinski definition) is 0. The lowest BCUT2D eigenvalue weighted by molar-refractivity contribution is 0.924. The van der Waals surface area contributed by atoms with Crippen LogP contribution in [-0.2, 0) is 6.54 Å². The first kappa shape index (κ1) is 13.1. The number of aromatic nitrogens is 1. The van der Waals surface area contributed by atoms with Gasteiger partial charge in [0.25, 0.3) is 0 Å². The molecule has 1 heterocycles. The molecule has 0 fully saturated rings. The standard InChI is InChI=1S/C18H15N3/c1-21(17-7-4-14(12-19)5-8-17)13-15-6-9-18-16(11-15)3-2-10-20-18/h2-11H,13H2,1H3.